The van der Waals surface area contributed by atoms with Crippen molar-refractivity contribution in [3.05, 3.63) is 34.9 Å². The highest BCUT2D eigenvalue weighted by Crippen LogP contribution is 2.25. The molecule has 2 unspecified atom stereocenters. The van der Waals surface area contributed by atoms with E-state index in [1.165, 1.54) is 25.1 Å². The number of hydrogen-bond donors (Lipinski definition) is 2. The van der Waals surface area contributed by atoms with Crippen LogP contribution < -0.4 is 0 Å². The van der Waals surface area contributed by atoms with E-state index in [2.05, 4.69) is 0 Å². The molecule has 0 saturated heterocycles. The lowest BCUT2D eigenvalue weighted by Gasteiger charge is -2.20. The van der Waals surface area contributed by atoms with Crippen molar-refractivity contribution in [1.29, 1.82) is 0 Å². The van der Waals surface area contributed by atoms with Crippen LogP contribution in [0, 0.1) is 0 Å². The van der Waals surface area contributed by atoms with E-state index >= 15 is 0 Å². The molecular formula is C14H16O5S. The van der Waals surface area contributed by atoms with Crippen LogP contribution in [-0.2, 0) is 4.79 Å². The van der Waals surface area contributed by atoms with Crippen molar-refractivity contribution in [2.75, 3.05) is 5.75 Å². The van der Waals surface area contributed by atoms with Crippen molar-refractivity contribution in [1.82, 2.24) is 0 Å². The molecule has 0 spiro atoms. The Kier molecular flexibility index (Phi) is 6.57. The second-order valence-electron chi connectivity index (χ2n) is 4.23. The third kappa shape index (κ3) is 4.26. The molecule has 1 aromatic rings. The van der Waals surface area contributed by atoms with Gasteiger partial charge in [0.15, 0.2) is 5.12 Å². The first-order chi connectivity index (χ1) is 9.51. The highest BCUT2D eigenvalue weighted by atomic mass is 32.2. The summed E-state index contributed by atoms with van der Waals surface area (Å²) in [5.41, 5.74) is 0.457. The largest absolute Gasteiger partial charge is 0.390 e. The maximum absolute atomic E-state index is 11.0. The molecule has 0 heterocycles. The van der Waals surface area contributed by atoms with E-state index in [1.54, 1.807) is 0 Å². The van der Waals surface area contributed by atoms with Gasteiger partial charge in [-0.1, -0.05) is 30.0 Å². The molecule has 0 fully saturated rings. The van der Waals surface area contributed by atoms with E-state index < -0.39 is 12.2 Å². The van der Waals surface area contributed by atoms with E-state index in [-0.39, 0.29) is 28.2 Å². The van der Waals surface area contributed by atoms with Gasteiger partial charge in [-0.2, -0.15) is 0 Å². The number of aliphatic hydroxyl groups excluding tert-OH is 2. The van der Waals surface area contributed by atoms with Gasteiger partial charge >= 0.3 is 0 Å². The minimum absolute atomic E-state index is 0.0754. The van der Waals surface area contributed by atoms with Crippen molar-refractivity contribution in [2.24, 2.45) is 0 Å². The van der Waals surface area contributed by atoms with Crippen molar-refractivity contribution in [3.8, 4) is 0 Å². The topological polar surface area (TPSA) is 91.7 Å². The number of aliphatic hydroxyl groups is 2. The second-order valence-corrected chi connectivity index (χ2v) is 5.50. The zero-order valence-corrected chi connectivity index (χ0v) is 11.8. The molecule has 0 saturated carbocycles. The van der Waals surface area contributed by atoms with Gasteiger partial charge in [0.1, 0.15) is 18.7 Å². The summed E-state index contributed by atoms with van der Waals surface area (Å²) in [6, 6.07) is 4.47. The standard InChI is InChI=1S/C14H16O5S/c1-9(17)20-6-5-12(18)14(19)13-10(7-15)3-2-4-11(13)8-16/h2-4,7-8,12,14,18-19H,5-6H2,1H3. The molecular weight excluding hydrogens is 280 g/mol. The maximum Gasteiger partial charge on any atom is 0.185 e. The summed E-state index contributed by atoms with van der Waals surface area (Å²) in [6.07, 6.45) is -1.26. The number of rotatable bonds is 7. The van der Waals surface area contributed by atoms with Crippen LogP contribution in [0.15, 0.2) is 18.2 Å². The van der Waals surface area contributed by atoms with Gasteiger partial charge in [-0.3, -0.25) is 14.4 Å². The Hall–Kier alpha value is -1.50. The SMILES string of the molecule is CC(=O)SCCC(O)C(O)c1c(C=O)cccc1C=O. The number of hydrogen-bond acceptors (Lipinski definition) is 6. The minimum atomic E-state index is -1.34. The number of carbonyl (C=O) groups is 3. The summed E-state index contributed by atoms with van der Waals surface area (Å²) in [5, 5.41) is 20.0. The highest BCUT2D eigenvalue weighted by Gasteiger charge is 2.23. The fourth-order valence-electron chi connectivity index (χ4n) is 1.82. The Balaban J connectivity index is 2.90. The normalized spacial score (nSPS) is 13.6. The number of thioether (sulfide) groups is 1. The Labute approximate surface area is 121 Å². The van der Waals surface area contributed by atoms with Gasteiger partial charge in [0.05, 0.1) is 6.10 Å². The molecule has 0 bridgehead atoms. The average Bonchev–Trinajstić information content (AvgIpc) is 2.44. The van der Waals surface area contributed by atoms with E-state index in [0.29, 0.717) is 18.3 Å². The van der Waals surface area contributed by atoms with Gasteiger partial charge in [0.2, 0.25) is 0 Å². The van der Waals surface area contributed by atoms with Gasteiger partial charge in [-0.15, -0.1) is 0 Å². The Morgan fingerprint density at radius 1 is 1.25 bits per heavy atom. The fraction of sp³-hybridized carbons (Fsp3) is 0.357. The van der Waals surface area contributed by atoms with Crippen molar-refractivity contribution >= 4 is 29.4 Å². The molecule has 2 N–H and O–H groups in total. The maximum atomic E-state index is 11.0. The summed E-state index contributed by atoms with van der Waals surface area (Å²) >= 11 is 1.04. The fourth-order valence-corrected chi connectivity index (χ4v) is 2.47. The highest BCUT2D eigenvalue weighted by molar-refractivity contribution is 8.13. The first-order valence-corrected chi connectivity index (χ1v) is 7.02. The lowest BCUT2D eigenvalue weighted by molar-refractivity contribution is -0.109. The van der Waals surface area contributed by atoms with Crippen LogP contribution in [0.1, 0.15) is 45.7 Å². The molecule has 108 valence electrons. The summed E-state index contributed by atoms with van der Waals surface area (Å²) in [4.78, 5) is 32.7. The summed E-state index contributed by atoms with van der Waals surface area (Å²) in [6.45, 7) is 1.42. The molecule has 20 heavy (non-hydrogen) atoms. The molecule has 0 aliphatic rings. The first kappa shape index (κ1) is 16.6. The number of benzene rings is 1. The van der Waals surface area contributed by atoms with Gasteiger partial charge in [0, 0.05) is 29.4 Å². The summed E-state index contributed by atoms with van der Waals surface area (Å²) in [7, 11) is 0. The van der Waals surface area contributed by atoms with E-state index in [1.807, 2.05) is 0 Å². The van der Waals surface area contributed by atoms with Crippen LogP contribution in [0.25, 0.3) is 0 Å². The zero-order chi connectivity index (χ0) is 15.1. The molecule has 6 heteroatoms. The third-order valence-corrected chi connectivity index (χ3v) is 3.65. The molecule has 0 aliphatic heterocycles. The van der Waals surface area contributed by atoms with Crippen LogP contribution in [-0.4, -0.2) is 39.8 Å². The number of carbonyl (C=O) groups excluding carboxylic acids is 3. The Morgan fingerprint density at radius 2 is 1.80 bits per heavy atom. The molecule has 2 atom stereocenters. The summed E-state index contributed by atoms with van der Waals surface area (Å²) < 4.78 is 0. The minimum Gasteiger partial charge on any atom is -0.390 e. The van der Waals surface area contributed by atoms with Gasteiger partial charge in [0.25, 0.3) is 0 Å². The molecule has 5 nitrogen and oxygen atoms in total. The van der Waals surface area contributed by atoms with Crippen LogP contribution in [0.3, 0.4) is 0 Å². The molecule has 0 aliphatic carbocycles. The Morgan fingerprint density at radius 3 is 2.25 bits per heavy atom. The lowest BCUT2D eigenvalue weighted by Crippen LogP contribution is -2.21. The monoisotopic (exact) mass is 296 g/mol. The predicted octanol–water partition coefficient (Wildman–Crippen LogP) is 1.38. The average molecular weight is 296 g/mol. The lowest BCUT2D eigenvalue weighted by atomic mass is 9.93. The van der Waals surface area contributed by atoms with Crippen molar-refractivity contribution in [2.45, 2.75) is 25.6 Å². The molecule has 1 aromatic carbocycles. The second kappa shape index (κ2) is 7.94. The van der Waals surface area contributed by atoms with E-state index in [0.717, 1.165) is 11.8 Å². The van der Waals surface area contributed by atoms with Gasteiger partial charge < -0.3 is 10.2 Å². The van der Waals surface area contributed by atoms with Crippen molar-refractivity contribution < 1.29 is 24.6 Å². The number of aldehydes is 2. The van der Waals surface area contributed by atoms with Crippen LogP contribution in [0.2, 0.25) is 0 Å². The van der Waals surface area contributed by atoms with Gasteiger partial charge in [-0.05, 0) is 6.42 Å². The molecule has 0 radical (unpaired) electrons. The smallest absolute Gasteiger partial charge is 0.185 e. The van der Waals surface area contributed by atoms with E-state index in [4.69, 9.17) is 0 Å². The molecule has 0 amide bonds. The van der Waals surface area contributed by atoms with Crippen molar-refractivity contribution in [3.63, 3.8) is 0 Å². The predicted molar refractivity (Wildman–Crippen MR) is 75.9 cm³/mol. The molecule has 0 aromatic heterocycles. The Bertz CT molecular complexity index is 474. The van der Waals surface area contributed by atoms with Crippen LogP contribution in [0.4, 0.5) is 0 Å². The van der Waals surface area contributed by atoms with Gasteiger partial charge in [-0.25, -0.2) is 0 Å². The van der Waals surface area contributed by atoms with E-state index in [9.17, 15) is 24.6 Å². The van der Waals surface area contributed by atoms with Crippen LogP contribution in [0.5, 0.6) is 0 Å². The summed E-state index contributed by atoms with van der Waals surface area (Å²) in [5.74, 6) is 0.354. The van der Waals surface area contributed by atoms with Crippen LogP contribution >= 0.6 is 11.8 Å². The zero-order valence-electron chi connectivity index (χ0n) is 11.0. The molecule has 1 rings (SSSR count). The first-order valence-electron chi connectivity index (χ1n) is 6.04. The third-order valence-electron chi connectivity index (χ3n) is 2.81. The quantitative estimate of drug-likeness (QED) is 0.738.